The van der Waals surface area contributed by atoms with E-state index in [1.54, 1.807) is 11.8 Å². The molecule has 0 bridgehead atoms. The van der Waals surface area contributed by atoms with Crippen LogP contribution in [0, 0.1) is 5.92 Å². The van der Waals surface area contributed by atoms with Gasteiger partial charge in [-0.1, -0.05) is 31.7 Å². The smallest absolute Gasteiger partial charge is 0.228 e. The van der Waals surface area contributed by atoms with E-state index in [1.807, 2.05) is 28.8 Å². The zero-order valence-electron chi connectivity index (χ0n) is 15.2. The summed E-state index contributed by atoms with van der Waals surface area (Å²) in [4.78, 5) is 6.94. The standard InChI is InChI=1S/C18H24N6OS/c1-14(2)11-24-17(22-7-9-25-10-8-22)20-21-18(24)26-13-15-12-23-6-4-3-5-16(23)19-15/h3-6,12,14H,7-11,13H2,1-2H3. The zero-order valence-corrected chi connectivity index (χ0v) is 16.0. The SMILES string of the molecule is CC(C)Cn1c(SCc2cn3ccccc3n2)nnc1N1CCOCC1. The Bertz CT molecular complexity index is 835. The topological polar surface area (TPSA) is 60.5 Å². The summed E-state index contributed by atoms with van der Waals surface area (Å²) in [7, 11) is 0. The monoisotopic (exact) mass is 372 g/mol. The number of pyridine rings is 1. The molecule has 1 aliphatic heterocycles. The number of morpholine rings is 1. The minimum Gasteiger partial charge on any atom is -0.378 e. The molecule has 0 aliphatic carbocycles. The fraction of sp³-hybridized carbons (Fsp3) is 0.500. The predicted molar refractivity (Wildman–Crippen MR) is 103 cm³/mol. The molecule has 138 valence electrons. The van der Waals surface area contributed by atoms with E-state index in [1.165, 1.54) is 0 Å². The first-order valence-electron chi connectivity index (χ1n) is 9.02. The van der Waals surface area contributed by atoms with Gasteiger partial charge in [-0.2, -0.15) is 0 Å². The zero-order chi connectivity index (χ0) is 17.9. The Morgan fingerprint density at radius 1 is 1.19 bits per heavy atom. The van der Waals surface area contributed by atoms with E-state index in [2.05, 4.69) is 44.7 Å². The van der Waals surface area contributed by atoms with Gasteiger partial charge in [0.25, 0.3) is 0 Å². The average molecular weight is 372 g/mol. The van der Waals surface area contributed by atoms with Crippen molar-refractivity contribution in [2.45, 2.75) is 31.3 Å². The Morgan fingerprint density at radius 2 is 2.04 bits per heavy atom. The van der Waals surface area contributed by atoms with E-state index in [4.69, 9.17) is 4.74 Å². The van der Waals surface area contributed by atoms with Gasteiger partial charge in [0.05, 0.1) is 18.9 Å². The highest BCUT2D eigenvalue weighted by Gasteiger charge is 2.21. The van der Waals surface area contributed by atoms with Crippen molar-refractivity contribution in [1.82, 2.24) is 24.1 Å². The van der Waals surface area contributed by atoms with Crippen molar-refractivity contribution >= 4 is 23.4 Å². The molecule has 26 heavy (non-hydrogen) atoms. The summed E-state index contributed by atoms with van der Waals surface area (Å²) in [5.41, 5.74) is 2.02. The van der Waals surface area contributed by atoms with Crippen LogP contribution in [0.1, 0.15) is 19.5 Å². The predicted octanol–water partition coefficient (Wildman–Crippen LogP) is 2.71. The summed E-state index contributed by atoms with van der Waals surface area (Å²) in [6, 6.07) is 6.04. The van der Waals surface area contributed by atoms with Crippen LogP contribution in [0.2, 0.25) is 0 Å². The number of fused-ring (bicyclic) bond motifs is 1. The second-order valence-electron chi connectivity index (χ2n) is 6.87. The van der Waals surface area contributed by atoms with Gasteiger partial charge < -0.3 is 14.0 Å². The lowest BCUT2D eigenvalue weighted by Gasteiger charge is -2.28. The van der Waals surface area contributed by atoms with Crippen molar-refractivity contribution in [3.05, 3.63) is 36.3 Å². The van der Waals surface area contributed by atoms with Crippen LogP contribution in [0.5, 0.6) is 0 Å². The largest absolute Gasteiger partial charge is 0.378 e. The molecule has 4 rings (SSSR count). The first-order valence-corrected chi connectivity index (χ1v) is 10.0. The lowest BCUT2D eigenvalue weighted by Crippen LogP contribution is -2.38. The van der Waals surface area contributed by atoms with Gasteiger partial charge >= 0.3 is 0 Å². The normalized spacial score (nSPS) is 15.3. The van der Waals surface area contributed by atoms with Crippen molar-refractivity contribution in [1.29, 1.82) is 0 Å². The second kappa shape index (κ2) is 7.67. The molecular weight excluding hydrogens is 348 g/mol. The van der Waals surface area contributed by atoms with Crippen LogP contribution in [0.15, 0.2) is 35.7 Å². The lowest BCUT2D eigenvalue weighted by atomic mass is 10.2. The van der Waals surface area contributed by atoms with E-state index in [-0.39, 0.29) is 0 Å². The van der Waals surface area contributed by atoms with E-state index < -0.39 is 0 Å². The number of nitrogens with zero attached hydrogens (tertiary/aromatic N) is 6. The van der Waals surface area contributed by atoms with Gasteiger partial charge in [-0.15, -0.1) is 10.2 Å². The quantitative estimate of drug-likeness (QED) is 0.620. The van der Waals surface area contributed by atoms with Crippen molar-refractivity contribution in [3.63, 3.8) is 0 Å². The first kappa shape index (κ1) is 17.4. The Morgan fingerprint density at radius 3 is 2.81 bits per heavy atom. The van der Waals surface area contributed by atoms with Gasteiger partial charge in [0.2, 0.25) is 5.95 Å². The number of thioether (sulfide) groups is 1. The summed E-state index contributed by atoms with van der Waals surface area (Å²) in [6.07, 6.45) is 4.10. The molecule has 0 saturated carbocycles. The van der Waals surface area contributed by atoms with Gasteiger partial charge in [-0.05, 0) is 18.1 Å². The second-order valence-corrected chi connectivity index (χ2v) is 7.82. The molecule has 3 aromatic heterocycles. The summed E-state index contributed by atoms with van der Waals surface area (Å²) in [5.74, 6) is 2.26. The van der Waals surface area contributed by atoms with E-state index in [0.717, 1.165) is 61.0 Å². The number of ether oxygens (including phenoxy) is 1. The van der Waals surface area contributed by atoms with Crippen LogP contribution < -0.4 is 4.90 Å². The van der Waals surface area contributed by atoms with Crippen molar-refractivity contribution < 1.29 is 4.74 Å². The van der Waals surface area contributed by atoms with E-state index >= 15 is 0 Å². The molecule has 0 unspecified atom stereocenters. The number of hydrogen-bond donors (Lipinski definition) is 0. The number of rotatable bonds is 6. The highest BCUT2D eigenvalue weighted by molar-refractivity contribution is 7.98. The van der Waals surface area contributed by atoms with Crippen molar-refractivity contribution in [3.8, 4) is 0 Å². The molecule has 0 atom stereocenters. The van der Waals surface area contributed by atoms with E-state index in [0.29, 0.717) is 5.92 Å². The van der Waals surface area contributed by atoms with Crippen LogP contribution in [0.3, 0.4) is 0 Å². The maximum absolute atomic E-state index is 5.47. The maximum atomic E-state index is 5.47. The van der Waals surface area contributed by atoms with Crippen LogP contribution in [-0.2, 0) is 17.0 Å². The summed E-state index contributed by atoms with van der Waals surface area (Å²) < 4.78 is 9.76. The summed E-state index contributed by atoms with van der Waals surface area (Å²) >= 11 is 1.70. The molecule has 0 aromatic carbocycles. The van der Waals surface area contributed by atoms with Crippen LogP contribution >= 0.6 is 11.8 Å². The molecular formula is C18H24N6OS. The third-order valence-electron chi connectivity index (χ3n) is 4.30. The van der Waals surface area contributed by atoms with E-state index in [9.17, 15) is 0 Å². The van der Waals surface area contributed by atoms with Crippen molar-refractivity contribution in [2.24, 2.45) is 5.92 Å². The molecule has 0 N–H and O–H groups in total. The Hall–Kier alpha value is -2.06. The highest BCUT2D eigenvalue weighted by Crippen LogP contribution is 2.26. The third-order valence-corrected chi connectivity index (χ3v) is 5.30. The van der Waals surface area contributed by atoms with Crippen molar-refractivity contribution in [2.75, 3.05) is 31.2 Å². The van der Waals surface area contributed by atoms with Gasteiger partial charge in [0, 0.05) is 37.8 Å². The molecule has 4 heterocycles. The third kappa shape index (κ3) is 3.71. The van der Waals surface area contributed by atoms with Crippen LogP contribution in [0.4, 0.5) is 5.95 Å². The Labute approximate surface area is 157 Å². The fourth-order valence-corrected chi connectivity index (χ4v) is 3.93. The summed E-state index contributed by atoms with van der Waals surface area (Å²) in [6.45, 7) is 8.59. The molecule has 7 nitrogen and oxygen atoms in total. The van der Waals surface area contributed by atoms with Gasteiger partial charge in [-0.25, -0.2) is 4.98 Å². The maximum Gasteiger partial charge on any atom is 0.228 e. The highest BCUT2D eigenvalue weighted by atomic mass is 32.2. The minimum absolute atomic E-state index is 0.528. The number of hydrogen-bond acceptors (Lipinski definition) is 6. The molecule has 8 heteroatoms. The average Bonchev–Trinajstić information content (AvgIpc) is 3.24. The number of anilines is 1. The molecule has 0 spiro atoms. The first-order chi connectivity index (χ1) is 12.7. The number of aromatic nitrogens is 5. The number of imidazole rings is 1. The van der Waals surface area contributed by atoms with Gasteiger partial charge in [-0.3, -0.25) is 4.57 Å². The van der Waals surface area contributed by atoms with Gasteiger partial charge in [0.15, 0.2) is 5.16 Å². The lowest BCUT2D eigenvalue weighted by molar-refractivity contribution is 0.121. The Balaban J connectivity index is 1.53. The molecule has 1 saturated heterocycles. The minimum atomic E-state index is 0.528. The molecule has 1 fully saturated rings. The fourth-order valence-electron chi connectivity index (χ4n) is 3.11. The molecule has 1 aliphatic rings. The molecule has 0 radical (unpaired) electrons. The van der Waals surface area contributed by atoms with Crippen LogP contribution in [-0.4, -0.2) is 50.5 Å². The van der Waals surface area contributed by atoms with Gasteiger partial charge in [0.1, 0.15) is 5.65 Å². The van der Waals surface area contributed by atoms with Crippen LogP contribution in [0.25, 0.3) is 5.65 Å². The molecule has 0 amide bonds. The summed E-state index contributed by atoms with van der Waals surface area (Å²) in [5, 5.41) is 9.91. The Kier molecular flexibility index (Phi) is 5.12. The molecule has 3 aromatic rings.